The van der Waals surface area contributed by atoms with Crippen LogP contribution in [0.25, 0.3) is 21.8 Å². The van der Waals surface area contributed by atoms with Crippen molar-refractivity contribution in [1.82, 2.24) is 4.57 Å². The van der Waals surface area contributed by atoms with Crippen molar-refractivity contribution in [1.29, 1.82) is 0 Å². The Kier molecular flexibility index (Phi) is 5.77. The molecular weight excluding hydrogens is 478 g/mol. The highest BCUT2D eigenvalue weighted by atomic mass is 16.1. The molecule has 2 heterocycles. The van der Waals surface area contributed by atoms with Crippen molar-refractivity contribution in [3.63, 3.8) is 0 Å². The quantitative estimate of drug-likeness (QED) is 0.255. The van der Waals surface area contributed by atoms with E-state index in [4.69, 9.17) is 0 Å². The van der Waals surface area contributed by atoms with Gasteiger partial charge in [-0.3, -0.25) is 4.79 Å². The number of nitrogens with one attached hydrogen (secondary N) is 2. The highest BCUT2D eigenvalue weighted by molar-refractivity contribution is 6.08. The Morgan fingerprint density at radius 3 is 2.28 bits per heavy atom. The number of carbonyl (C=O) groups is 1. The molecule has 4 nitrogen and oxygen atoms in total. The molecule has 4 heteroatoms. The molecule has 0 spiro atoms. The molecule has 4 aromatic carbocycles. The number of hydrogen-bond acceptors (Lipinski definition) is 3. The lowest BCUT2D eigenvalue weighted by Crippen LogP contribution is -2.26. The molecule has 0 bridgehead atoms. The van der Waals surface area contributed by atoms with Gasteiger partial charge in [-0.2, -0.15) is 0 Å². The maximum absolute atomic E-state index is 14.0. The first-order valence-electron chi connectivity index (χ1n) is 14.1. The van der Waals surface area contributed by atoms with Crippen molar-refractivity contribution < 1.29 is 4.79 Å². The Hall–Kier alpha value is -4.31. The van der Waals surface area contributed by atoms with Crippen molar-refractivity contribution in [3.8, 4) is 0 Å². The van der Waals surface area contributed by atoms with Gasteiger partial charge in [0.05, 0.1) is 17.4 Å². The van der Waals surface area contributed by atoms with E-state index < -0.39 is 0 Å². The molecule has 1 aromatic heterocycles. The molecule has 2 N–H and O–H groups in total. The summed E-state index contributed by atoms with van der Waals surface area (Å²) in [7, 11) is 0. The predicted octanol–water partition coefficient (Wildman–Crippen LogP) is 8.36. The second-order valence-corrected chi connectivity index (χ2v) is 10.8. The first-order valence-corrected chi connectivity index (χ1v) is 14.1. The molecule has 0 fully saturated rings. The fourth-order valence-electron chi connectivity index (χ4n) is 6.60. The maximum Gasteiger partial charge on any atom is 0.163 e. The van der Waals surface area contributed by atoms with Gasteiger partial charge in [0, 0.05) is 46.0 Å². The van der Waals surface area contributed by atoms with E-state index >= 15 is 0 Å². The summed E-state index contributed by atoms with van der Waals surface area (Å²) in [5, 5.41) is 9.93. The number of aryl methyl sites for hydroxylation is 2. The second kappa shape index (κ2) is 9.46. The summed E-state index contributed by atoms with van der Waals surface area (Å²) in [6.45, 7) is 5.28. The number of Topliss-reactive ketones (excluding diaryl/α,β-unsaturated/α-hetero) is 1. The minimum absolute atomic E-state index is 0.172. The van der Waals surface area contributed by atoms with Crippen LogP contribution in [-0.4, -0.2) is 10.4 Å². The molecule has 2 unspecified atom stereocenters. The van der Waals surface area contributed by atoms with Gasteiger partial charge in [-0.25, -0.2) is 0 Å². The average molecular weight is 512 g/mol. The molecule has 7 rings (SSSR count). The van der Waals surface area contributed by atoms with E-state index in [-0.39, 0.29) is 17.7 Å². The summed E-state index contributed by atoms with van der Waals surface area (Å²) in [6.07, 6.45) is 2.36. The van der Waals surface area contributed by atoms with Crippen LogP contribution in [0.2, 0.25) is 0 Å². The summed E-state index contributed by atoms with van der Waals surface area (Å²) >= 11 is 0. The minimum atomic E-state index is -0.222. The van der Waals surface area contributed by atoms with Crippen LogP contribution >= 0.6 is 0 Å². The van der Waals surface area contributed by atoms with Crippen molar-refractivity contribution in [2.24, 2.45) is 0 Å². The van der Waals surface area contributed by atoms with Crippen molar-refractivity contribution >= 4 is 39.0 Å². The van der Waals surface area contributed by atoms with E-state index in [2.05, 4.69) is 108 Å². The first kappa shape index (κ1) is 23.8. The zero-order valence-corrected chi connectivity index (χ0v) is 22.5. The molecule has 0 radical (unpaired) electrons. The zero-order valence-electron chi connectivity index (χ0n) is 22.5. The van der Waals surface area contributed by atoms with E-state index in [9.17, 15) is 4.79 Å². The average Bonchev–Trinajstić information content (AvgIpc) is 3.18. The van der Waals surface area contributed by atoms with Gasteiger partial charge in [0.25, 0.3) is 0 Å². The Balaban J connectivity index is 1.36. The topological polar surface area (TPSA) is 46.1 Å². The van der Waals surface area contributed by atoms with E-state index in [1.165, 1.54) is 32.9 Å². The summed E-state index contributed by atoms with van der Waals surface area (Å²) in [5.41, 5.74) is 10.1. The standard InChI is InChI=1S/C35H33N3O/c1-3-22-13-15-23(16-14-22)25-20-30-34(33(39)21-25)35(37-29-11-7-6-10-28(29)36-30)24-17-18-32-27(19-24)26-9-5-8-12-31(26)38(32)4-2/h5-19,25,35-37H,3-4,20-21H2,1-2H3. The highest BCUT2D eigenvalue weighted by Gasteiger charge is 2.36. The molecule has 0 saturated heterocycles. The number of hydrogen-bond donors (Lipinski definition) is 2. The van der Waals surface area contributed by atoms with Gasteiger partial charge in [0.15, 0.2) is 5.78 Å². The molecule has 1 aliphatic heterocycles. The zero-order chi connectivity index (χ0) is 26.5. The van der Waals surface area contributed by atoms with Gasteiger partial charge < -0.3 is 15.2 Å². The number of benzene rings is 4. The Morgan fingerprint density at radius 1 is 0.769 bits per heavy atom. The number of para-hydroxylation sites is 3. The Labute approximate surface area is 229 Å². The summed E-state index contributed by atoms with van der Waals surface area (Å²) < 4.78 is 2.37. The molecule has 5 aromatic rings. The Morgan fingerprint density at radius 2 is 1.49 bits per heavy atom. The van der Waals surface area contributed by atoms with E-state index in [1.807, 2.05) is 12.1 Å². The van der Waals surface area contributed by atoms with Crippen molar-refractivity contribution in [2.45, 2.75) is 51.6 Å². The number of anilines is 2. The lowest BCUT2D eigenvalue weighted by atomic mass is 9.78. The van der Waals surface area contributed by atoms with Crippen LogP contribution in [0.15, 0.2) is 102 Å². The molecule has 0 saturated carbocycles. The molecule has 39 heavy (non-hydrogen) atoms. The molecule has 2 atom stereocenters. The van der Waals surface area contributed by atoms with Crippen molar-refractivity contribution in [2.75, 3.05) is 10.6 Å². The number of aromatic nitrogens is 1. The summed E-state index contributed by atoms with van der Waals surface area (Å²) in [5.74, 6) is 0.389. The first-order chi connectivity index (χ1) is 19.1. The molecule has 194 valence electrons. The third-order valence-electron chi connectivity index (χ3n) is 8.61. The SMILES string of the molecule is CCc1ccc(C2CC(=O)C3=C(C2)Nc2ccccc2NC3c2ccc3c(c2)c2ccccc2n3CC)cc1. The summed E-state index contributed by atoms with van der Waals surface area (Å²) in [6, 6.07) is 32.2. The lowest BCUT2D eigenvalue weighted by molar-refractivity contribution is -0.116. The van der Waals surface area contributed by atoms with E-state index in [1.54, 1.807) is 0 Å². The second-order valence-electron chi connectivity index (χ2n) is 10.8. The van der Waals surface area contributed by atoms with Crippen LogP contribution in [0, 0.1) is 0 Å². The normalized spacial score (nSPS) is 18.9. The van der Waals surface area contributed by atoms with Crippen LogP contribution in [-0.2, 0) is 17.8 Å². The number of carbonyl (C=O) groups excluding carboxylic acids is 1. The smallest absolute Gasteiger partial charge is 0.163 e. The van der Waals surface area contributed by atoms with Crippen LogP contribution < -0.4 is 10.6 Å². The molecule has 0 amide bonds. The van der Waals surface area contributed by atoms with Crippen LogP contribution in [0.4, 0.5) is 11.4 Å². The third-order valence-corrected chi connectivity index (χ3v) is 8.61. The van der Waals surface area contributed by atoms with Gasteiger partial charge in [0.1, 0.15) is 0 Å². The van der Waals surface area contributed by atoms with Crippen LogP contribution in [0.5, 0.6) is 0 Å². The number of ketones is 1. The highest BCUT2D eigenvalue weighted by Crippen LogP contribution is 2.45. The van der Waals surface area contributed by atoms with Gasteiger partial charge in [-0.15, -0.1) is 0 Å². The van der Waals surface area contributed by atoms with E-state index in [0.717, 1.165) is 47.6 Å². The fourth-order valence-corrected chi connectivity index (χ4v) is 6.60. The summed E-state index contributed by atoms with van der Waals surface area (Å²) in [4.78, 5) is 14.0. The number of nitrogens with zero attached hydrogens (tertiary/aromatic N) is 1. The van der Waals surface area contributed by atoms with Crippen LogP contribution in [0.3, 0.4) is 0 Å². The minimum Gasteiger partial charge on any atom is -0.372 e. The maximum atomic E-state index is 14.0. The molecular formula is C35H33N3O. The van der Waals surface area contributed by atoms with Crippen molar-refractivity contribution in [3.05, 3.63) is 119 Å². The third kappa shape index (κ3) is 3.94. The number of allylic oxidation sites excluding steroid dienone is 1. The predicted molar refractivity (Wildman–Crippen MR) is 161 cm³/mol. The van der Waals surface area contributed by atoms with Gasteiger partial charge in [-0.05, 0) is 72.7 Å². The van der Waals surface area contributed by atoms with Gasteiger partial charge in [0.2, 0.25) is 0 Å². The lowest BCUT2D eigenvalue weighted by Gasteiger charge is -2.30. The largest absolute Gasteiger partial charge is 0.372 e. The monoisotopic (exact) mass is 511 g/mol. The number of fused-ring (bicyclic) bond motifs is 4. The van der Waals surface area contributed by atoms with Gasteiger partial charge in [-0.1, -0.05) is 67.6 Å². The van der Waals surface area contributed by atoms with Gasteiger partial charge >= 0.3 is 0 Å². The van der Waals surface area contributed by atoms with E-state index in [0.29, 0.717) is 6.42 Å². The molecule has 2 aliphatic rings. The fraction of sp³-hybridized carbons (Fsp3) is 0.229. The molecule has 1 aliphatic carbocycles. The Bertz CT molecular complexity index is 1760. The number of rotatable bonds is 4. The van der Waals surface area contributed by atoms with Crippen LogP contribution in [0.1, 0.15) is 55.3 Å².